The molecule has 1 atom stereocenters. The summed E-state index contributed by atoms with van der Waals surface area (Å²) in [6.45, 7) is 2.00. The van der Waals surface area contributed by atoms with Crippen LogP contribution in [0, 0.1) is 0 Å². The fourth-order valence-corrected chi connectivity index (χ4v) is 2.51. The van der Waals surface area contributed by atoms with Crippen LogP contribution in [-0.4, -0.2) is 34.5 Å². The van der Waals surface area contributed by atoms with E-state index < -0.39 is 12.0 Å². The van der Waals surface area contributed by atoms with Crippen molar-refractivity contribution >= 4 is 11.9 Å². The SMILES string of the molecule is CCOC(=O)C1=C(N)Nc2ncnn2C1c1ccc(OC)cc1. The molecule has 1 aromatic carbocycles. The van der Waals surface area contributed by atoms with Gasteiger partial charge in [-0.1, -0.05) is 12.1 Å². The van der Waals surface area contributed by atoms with Gasteiger partial charge in [0.05, 0.1) is 13.7 Å². The van der Waals surface area contributed by atoms with Gasteiger partial charge in [0.2, 0.25) is 5.95 Å². The lowest BCUT2D eigenvalue weighted by Gasteiger charge is -2.27. The Labute approximate surface area is 132 Å². The van der Waals surface area contributed by atoms with Crippen molar-refractivity contribution in [3.8, 4) is 5.75 Å². The molecule has 0 spiro atoms. The molecule has 8 nitrogen and oxygen atoms in total. The number of rotatable bonds is 4. The molecule has 1 unspecified atom stereocenters. The normalized spacial score (nSPS) is 16.5. The van der Waals surface area contributed by atoms with Crippen LogP contribution in [0.4, 0.5) is 5.95 Å². The van der Waals surface area contributed by atoms with Crippen molar-refractivity contribution < 1.29 is 14.3 Å². The summed E-state index contributed by atoms with van der Waals surface area (Å²) < 4.78 is 11.9. The molecule has 1 aliphatic rings. The van der Waals surface area contributed by atoms with E-state index in [1.54, 1.807) is 18.7 Å². The maximum absolute atomic E-state index is 12.4. The zero-order valence-corrected chi connectivity index (χ0v) is 12.8. The largest absolute Gasteiger partial charge is 0.497 e. The van der Waals surface area contributed by atoms with Gasteiger partial charge in [-0.15, -0.1) is 0 Å². The van der Waals surface area contributed by atoms with Gasteiger partial charge in [-0.25, -0.2) is 9.48 Å². The van der Waals surface area contributed by atoms with Gasteiger partial charge in [0.25, 0.3) is 0 Å². The fraction of sp³-hybridized carbons (Fsp3) is 0.267. The summed E-state index contributed by atoms with van der Waals surface area (Å²) in [4.78, 5) is 16.5. The molecule has 0 radical (unpaired) electrons. The smallest absolute Gasteiger partial charge is 0.340 e. The molecule has 0 bridgehead atoms. The van der Waals surface area contributed by atoms with E-state index in [1.165, 1.54) is 6.33 Å². The van der Waals surface area contributed by atoms with Crippen LogP contribution in [0.1, 0.15) is 18.5 Å². The van der Waals surface area contributed by atoms with E-state index >= 15 is 0 Å². The minimum absolute atomic E-state index is 0.213. The number of benzene rings is 1. The number of anilines is 1. The molecule has 23 heavy (non-hydrogen) atoms. The molecule has 8 heteroatoms. The van der Waals surface area contributed by atoms with E-state index in [-0.39, 0.29) is 12.4 Å². The average Bonchev–Trinajstić information content (AvgIpc) is 3.01. The minimum atomic E-state index is -0.515. The number of carbonyl (C=O) groups is 1. The molecule has 0 saturated carbocycles. The lowest BCUT2D eigenvalue weighted by molar-refractivity contribution is -0.139. The predicted octanol–water partition coefficient (Wildman–Crippen LogP) is 1.03. The van der Waals surface area contributed by atoms with Crippen molar-refractivity contribution in [2.75, 3.05) is 19.0 Å². The van der Waals surface area contributed by atoms with Gasteiger partial charge in [0.1, 0.15) is 29.5 Å². The number of hydrogen-bond acceptors (Lipinski definition) is 7. The lowest BCUT2D eigenvalue weighted by atomic mass is 9.97. The van der Waals surface area contributed by atoms with Crippen molar-refractivity contribution in [1.82, 2.24) is 14.8 Å². The first-order chi connectivity index (χ1) is 11.2. The molecule has 0 amide bonds. The van der Waals surface area contributed by atoms with Gasteiger partial charge in [0.15, 0.2) is 0 Å². The molecule has 3 N–H and O–H groups in total. The summed E-state index contributed by atoms with van der Waals surface area (Å²) in [6, 6.07) is 6.82. The van der Waals surface area contributed by atoms with Gasteiger partial charge in [-0.3, -0.25) is 0 Å². The number of ether oxygens (including phenoxy) is 2. The predicted molar refractivity (Wildman–Crippen MR) is 82.6 cm³/mol. The molecule has 1 aliphatic heterocycles. The van der Waals surface area contributed by atoms with Crippen molar-refractivity contribution in [3.05, 3.63) is 47.6 Å². The second kappa shape index (κ2) is 5.99. The van der Waals surface area contributed by atoms with Gasteiger partial charge in [-0.05, 0) is 24.6 Å². The Morgan fingerprint density at radius 1 is 1.39 bits per heavy atom. The molecular weight excluding hydrogens is 298 g/mol. The van der Waals surface area contributed by atoms with Crippen molar-refractivity contribution in [2.45, 2.75) is 13.0 Å². The Bertz CT molecular complexity index is 751. The third-order valence-corrected chi connectivity index (χ3v) is 3.55. The number of esters is 1. The third-order valence-electron chi connectivity index (χ3n) is 3.55. The molecule has 0 aliphatic carbocycles. The lowest BCUT2D eigenvalue weighted by Crippen LogP contribution is -2.33. The van der Waals surface area contributed by atoms with Crippen molar-refractivity contribution in [1.29, 1.82) is 0 Å². The Balaban J connectivity index is 2.10. The van der Waals surface area contributed by atoms with Crippen LogP contribution < -0.4 is 15.8 Å². The maximum atomic E-state index is 12.4. The zero-order valence-electron chi connectivity index (χ0n) is 12.8. The van der Waals surface area contributed by atoms with E-state index in [9.17, 15) is 4.79 Å². The van der Waals surface area contributed by atoms with E-state index in [0.717, 1.165) is 11.3 Å². The summed E-state index contributed by atoms with van der Waals surface area (Å²) in [7, 11) is 1.59. The fourth-order valence-electron chi connectivity index (χ4n) is 2.51. The summed E-state index contributed by atoms with van der Waals surface area (Å²) in [5.41, 5.74) is 7.15. The van der Waals surface area contributed by atoms with Crippen molar-refractivity contribution in [3.63, 3.8) is 0 Å². The first kappa shape index (κ1) is 14.9. The number of carbonyl (C=O) groups excluding carboxylic acids is 1. The van der Waals surface area contributed by atoms with Crippen LogP contribution in [0.3, 0.4) is 0 Å². The molecule has 2 heterocycles. The second-order valence-electron chi connectivity index (χ2n) is 4.88. The monoisotopic (exact) mass is 315 g/mol. The van der Waals surface area contributed by atoms with Crippen LogP contribution in [0.25, 0.3) is 0 Å². The van der Waals surface area contributed by atoms with Crippen LogP contribution in [-0.2, 0) is 9.53 Å². The Kier molecular flexibility index (Phi) is 3.88. The van der Waals surface area contributed by atoms with Crippen LogP contribution in [0.2, 0.25) is 0 Å². The van der Waals surface area contributed by atoms with Crippen molar-refractivity contribution in [2.24, 2.45) is 5.73 Å². The highest BCUT2D eigenvalue weighted by Crippen LogP contribution is 2.34. The Morgan fingerprint density at radius 2 is 2.13 bits per heavy atom. The van der Waals surface area contributed by atoms with E-state index in [4.69, 9.17) is 15.2 Å². The maximum Gasteiger partial charge on any atom is 0.340 e. The van der Waals surface area contributed by atoms with Crippen LogP contribution in [0.5, 0.6) is 5.75 Å². The molecule has 120 valence electrons. The number of nitrogens with zero attached hydrogens (tertiary/aromatic N) is 3. The zero-order chi connectivity index (χ0) is 16.4. The summed E-state index contributed by atoms with van der Waals surface area (Å²) in [5, 5.41) is 7.07. The number of aromatic nitrogens is 3. The summed E-state index contributed by atoms with van der Waals surface area (Å²) >= 11 is 0. The molecule has 1 aromatic heterocycles. The minimum Gasteiger partial charge on any atom is -0.497 e. The number of fused-ring (bicyclic) bond motifs is 1. The van der Waals surface area contributed by atoms with Gasteiger partial charge < -0.3 is 20.5 Å². The Morgan fingerprint density at radius 3 is 2.78 bits per heavy atom. The third kappa shape index (κ3) is 2.59. The van der Waals surface area contributed by atoms with Gasteiger partial charge in [-0.2, -0.15) is 10.1 Å². The first-order valence-electron chi connectivity index (χ1n) is 7.13. The quantitative estimate of drug-likeness (QED) is 0.812. The summed E-state index contributed by atoms with van der Waals surface area (Å²) in [6.07, 6.45) is 1.40. The van der Waals surface area contributed by atoms with Gasteiger partial charge >= 0.3 is 5.97 Å². The first-order valence-corrected chi connectivity index (χ1v) is 7.13. The highest BCUT2D eigenvalue weighted by molar-refractivity contribution is 5.92. The average molecular weight is 315 g/mol. The van der Waals surface area contributed by atoms with Crippen LogP contribution >= 0.6 is 0 Å². The topological polar surface area (TPSA) is 104 Å². The number of hydrogen-bond donors (Lipinski definition) is 2. The number of nitrogens with two attached hydrogens (primary N) is 1. The molecule has 0 fully saturated rings. The standard InChI is InChI=1S/C15H17N5O3/c1-3-23-14(21)11-12(9-4-6-10(22-2)7-5-9)20-15(17-8-18-20)19-13(11)16/h4-8,12H,3,16H2,1-2H3,(H,17,18,19). The molecule has 0 saturated heterocycles. The van der Waals surface area contributed by atoms with E-state index in [0.29, 0.717) is 11.5 Å². The Hall–Kier alpha value is -3.03. The van der Waals surface area contributed by atoms with E-state index in [2.05, 4.69) is 15.4 Å². The molecule has 2 aromatic rings. The van der Waals surface area contributed by atoms with Gasteiger partial charge in [0, 0.05) is 0 Å². The molecule has 3 rings (SSSR count). The number of nitrogens with one attached hydrogen (secondary N) is 1. The van der Waals surface area contributed by atoms with E-state index in [1.807, 2.05) is 24.3 Å². The second-order valence-corrected chi connectivity index (χ2v) is 4.88. The van der Waals surface area contributed by atoms with Crippen LogP contribution in [0.15, 0.2) is 42.0 Å². The summed E-state index contributed by atoms with van der Waals surface area (Å²) in [5.74, 6) is 0.914. The highest BCUT2D eigenvalue weighted by Gasteiger charge is 2.34. The number of methoxy groups -OCH3 is 1. The molecular formula is C15H17N5O3. The highest BCUT2D eigenvalue weighted by atomic mass is 16.5.